The van der Waals surface area contributed by atoms with Gasteiger partial charge in [0.05, 0.1) is 0 Å². The van der Waals surface area contributed by atoms with Crippen LogP contribution in [0, 0.1) is 11.8 Å². The summed E-state index contributed by atoms with van der Waals surface area (Å²) in [6.07, 6.45) is 7.81. The van der Waals surface area contributed by atoms with E-state index in [2.05, 4.69) is 31.3 Å². The minimum absolute atomic E-state index is 0.157. The van der Waals surface area contributed by atoms with Crippen molar-refractivity contribution in [1.29, 1.82) is 0 Å². The maximum atomic E-state index is 11.8. The summed E-state index contributed by atoms with van der Waals surface area (Å²) in [7, 11) is 0. The molecule has 1 amide bonds. The Morgan fingerprint density at radius 3 is 2.56 bits per heavy atom. The fraction of sp³-hybridized carbons (Fsp3) is 0.769. The minimum Gasteiger partial charge on any atom is -0.353 e. The first-order valence-corrected chi connectivity index (χ1v) is 6.26. The second kappa shape index (κ2) is 6.69. The molecule has 0 aliphatic heterocycles. The predicted molar refractivity (Wildman–Crippen MR) is 66.9 cm³/mol. The fourth-order valence-corrected chi connectivity index (χ4v) is 2.21. The van der Waals surface area contributed by atoms with Crippen LogP contribution >= 0.6 is 0 Å². The molecule has 1 aliphatic rings. The van der Waals surface area contributed by atoms with Gasteiger partial charge in [0.15, 0.2) is 0 Å². The third-order valence-electron chi connectivity index (χ3n) is 2.99. The molecule has 92 valence electrons. The standard InChI is InChI=1S/C13H24N2O/c1-10(2)7-11(9-14)8-13(16)15-12-5-3-4-6-12/h3-4,10-12H,5-9,14H2,1-2H3,(H,15,16)/t11-/m0/s1. The van der Waals surface area contributed by atoms with Crippen LogP contribution in [0.4, 0.5) is 0 Å². The largest absolute Gasteiger partial charge is 0.353 e. The highest BCUT2D eigenvalue weighted by atomic mass is 16.1. The average Bonchev–Trinajstić information content (AvgIpc) is 2.68. The quantitative estimate of drug-likeness (QED) is 0.676. The van der Waals surface area contributed by atoms with Gasteiger partial charge in [-0.3, -0.25) is 4.79 Å². The average molecular weight is 224 g/mol. The summed E-state index contributed by atoms with van der Waals surface area (Å²) in [5.41, 5.74) is 5.69. The zero-order valence-corrected chi connectivity index (χ0v) is 10.4. The lowest BCUT2D eigenvalue weighted by Crippen LogP contribution is -2.35. The van der Waals surface area contributed by atoms with E-state index in [9.17, 15) is 4.79 Å². The molecule has 1 aliphatic carbocycles. The van der Waals surface area contributed by atoms with Crippen LogP contribution in [0.5, 0.6) is 0 Å². The van der Waals surface area contributed by atoms with Crippen LogP contribution in [-0.2, 0) is 4.79 Å². The Bertz CT molecular complexity index is 240. The van der Waals surface area contributed by atoms with Gasteiger partial charge >= 0.3 is 0 Å². The summed E-state index contributed by atoms with van der Waals surface area (Å²) >= 11 is 0. The first kappa shape index (κ1) is 13.2. The molecule has 0 fully saturated rings. The van der Waals surface area contributed by atoms with E-state index in [1.807, 2.05) is 0 Å². The zero-order valence-electron chi connectivity index (χ0n) is 10.4. The maximum absolute atomic E-state index is 11.8. The van der Waals surface area contributed by atoms with Crippen LogP contribution < -0.4 is 11.1 Å². The van der Waals surface area contributed by atoms with E-state index in [-0.39, 0.29) is 5.91 Å². The Labute approximate surface area is 98.5 Å². The van der Waals surface area contributed by atoms with Gasteiger partial charge in [0.1, 0.15) is 0 Å². The van der Waals surface area contributed by atoms with E-state index in [4.69, 9.17) is 5.73 Å². The molecule has 0 saturated heterocycles. The summed E-state index contributed by atoms with van der Waals surface area (Å²) in [6.45, 7) is 4.94. The molecule has 1 atom stereocenters. The summed E-state index contributed by atoms with van der Waals surface area (Å²) < 4.78 is 0. The first-order chi connectivity index (χ1) is 7.61. The molecule has 1 rings (SSSR count). The number of amides is 1. The molecule has 0 aromatic rings. The van der Waals surface area contributed by atoms with Gasteiger partial charge in [0.25, 0.3) is 0 Å². The van der Waals surface area contributed by atoms with Crippen molar-refractivity contribution in [3.05, 3.63) is 12.2 Å². The number of rotatable bonds is 6. The molecule has 16 heavy (non-hydrogen) atoms. The lowest BCUT2D eigenvalue weighted by Gasteiger charge is -2.18. The van der Waals surface area contributed by atoms with Gasteiger partial charge in [-0.05, 0) is 37.6 Å². The number of nitrogens with two attached hydrogens (primary N) is 1. The van der Waals surface area contributed by atoms with E-state index >= 15 is 0 Å². The van der Waals surface area contributed by atoms with E-state index < -0.39 is 0 Å². The van der Waals surface area contributed by atoms with Crippen LogP contribution in [0.3, 0.4) is 0 Å². The Morgan fingerprint density at radius 1 is 1.44 bits per heavy atom. The van der Waals surface area contributed by atoms with Gasteiger partial charge in [0.2, 0.25) is 5.91 Å². The molecular weight excluding hydrogens is 200 g/mol. The normalized spacial score (nSPS) is 18.0. The van der Waals surface area contributed by atoms with Crippen LogP contribution in [-0.4, -0.2) is 18.5 Å². The van der Waals surface area contributed by atoms with Gasteiger partial charge in [-0.1, -0.05) is 26.0 Å². The smallest absolute Gasteiger partial charge is 0.220 e. The number of nitrogens with one attached hydrogen (secondary N) is 1. The van der Waals surface area contributed by atoms with Crippen molar-refractivity contribution in [3.63, 3.8) is 0 Å². The van der Waals surface area contributed by atoms with Gasteiger partial charge in [0, 0.05) is 12.5 Å². The van der Waals surface area contributed by atoms with Crippen molar-refractivity contribution in [2.45, 2.75) is 45.6 Å². The maximum Gasteiger partial charge on any atom is 0.220 e. The molecule has 0 saturated carbocycles. The van der Waals surface area contributed by atoms with E-state index in [1.54, 1.807) is 0 Å². The third-order valence-corrected chi connectivity index (χ3v) is 2.99. The van der Waals surface area contributed by atoms with Crippen molar-refractivity contribution in [1.82, 2.24) is 5.32 Å². The molecule has 0 spiro atoms. The van der Waals surface area contributed by atoms with Gasteiger partial charge in [-0.25, -0.2) is 0 Å². The lowest BCUT2D eigenvalue weighted by molar-refractivity contribution is -0.122. The number of hydrogen-bond donors (Lipinski definition) is 2. The third kappa shape index (κ3) is 4.79. The molecular formula is C13H24N2O. The highest BCUT2D eigenvalue weighted by molar-refractivity contribution is 5.76. The molecule has 0 aromatic heterocycles. The summed E-state index contributed by atoms with van der Waals surface area (Å²) in [4.78, 5) is 11.8. The van der Waals surface area contributed by atoms with Gasteiger partial charge in [-0.2, -0.15) is 0 Å². The van der Waals surface area contributed by atoms with Gasteiger partial charge in [-0.15, -0.1) is 0 Å². The zero-order chi connectivity index (χ0) is 12.0. The summed E-state index contributed by atoms with van der Waals surface area (Å²) in [5, 5.41) is 3.06. The second-order valence-corrected chi connectivity index (χ2v) is 5.14. The Hall–Kier alpha value is -0.830. The number of carbonyl (C=O) groups is 1. The Morgan fingerprint density at radius 2 is 2.06 bits per heavy atom. The first-order valence-electron chi connectivity index (χ1n) is 6.26. The second-order valence-electron chi connectivity index (χ2n) is 5.14. The minimum atomic E-state index is 0.157. The van der Waals surface area contributed by atoms with Crippen LogP contribution in [0.25, 0.3) is 0 Å². The lowest BCUT2D eigenvalue weighted by atomic mass is 9.94. The molecule has 0 heterocycles. The number of hydrogen-bond acceptors (Lipinski definition) is 2. The van der Waals surface area contributed by atoms with Crippen molar-refractivity contribution in [3.8, 4) is 0 Å². The Balaban J connectivity index is 2.25. The van der Waals surface area contributed by atoms with E-state index in [0.29, 0.717) is 30.8 Å². The number of carbonyl (C=O) groups excluding carboxylic acids is 1. The van der Waals surface area contributed by atoms with Crippen LogP contribution in [0.1, 0.15) is 39.5 Å². The van der Waals surface area contributed by atoms with Gasteiger partial charge < -0.3 is 11.1 Å². The molecule has 0 bridgehead atoms. The molecule has 0 radical (unpaired) electrons. The highest BCUT2D eigenvalue weighted by Gasteiger charge is 2.17. The predicted octanol–water partition coefficient (Wildman–Crippen LogP) is 1.83. The monoisotopic (exact) mass is 224 g/mol. The summed E-state index contributed by atoms with van der Waals surface area (Å²) in [5.74, 6) is 1.09. The van der Waals surface area contributed by atoms with Crippen LogP contribution in [0.2, 0.25) is 0 Å². The summed E-state index contributed by atoms with van der Waals surface area (Å²) in [6, 6.07) is 0.324. The fourth-order valence-electron chi connectivity index (χ4n) is 2.21. The van der Waals surface area contributed by atoms with E-state index in [1.165, 1.54) is 0 Å². The molecule has 3 N–H and O–H groups in total. The molecule has 0 unspecified atom stereocenters. The van der Waals surface area contributed by atoms with Crippen molar-refractivity contribution < 1.29 is 4.79 Å². The van der Waals surface area contributed by atoms with E-state index in [0.717, 1.165) is 19.3 Å². The van der Waals surface area contributed by atoms with Crippen molar-refractivity contribution in [2.24, 2.45) is 17.6 Å². The van der Waals surface area contributed by atoms with Crippen molar-refractivity contribution in [2.75, 3.05) is 6.54 Å². The molecule has 3 nitrogen and oxygen atoms in total. The molecule has 0 aromatic carbocycles. The van der Waals surface area contributed by atoms with Crippen molar-refractivity contribution >= 4 is 5.91 Å². The molecule has 3 heteroatoms. The Kier molecular flexibility index (Phi) is 5.53. The van der Waals surface area contributed by atoms with Crippen LogP contribution in [0.15, 0.2) is 12.2 Å². The SMILES string of the molecule is CC(C)C[C@H](CN)CC(=O)NC1CC=CC1. The highest BCUT2D eigenvalue weighted by Crippen LogP contribution is 2.15. The topological polar surface area (TPSA) is 55.1 Å².